The molecule has 0 radical (unpaired) electrons. The van der Waals surface area contributed by atoms with Crippen LogP contribution >= 0.6 is 11.8 Å². The molecule has 0 aliphatic carbocycles. The molecule has 19 heavy (non-hydrogen) atoms. The Labute approximate surface area is 118 Å². The number of nitrogens with zero attached hydrogens (tertiary/aromatic N) is 1. The van der Waals surface area contributed by atoms with Crippen LogP contribution in [0.3, 0.4) is 0 Å². The van der Waals surface area contributed by atoms with Crippen molar-refractivity contribution in [1.82, 2.24) is 10.3 Å². The van der Waals surface area contributed by atoms with E-state index in [1.165, 1.54) is 11.8 Å². The number of amides is 1. The van der Waals surface area contributed by atoms with Crippen molar-refractivity contribution in [1.29, 1.82) is 0 Å². The highest BCUT2D eigenvalue weighted by Gasteiger charge is 2.25. The van der Waals surface area contributed by atoms with Gasteiger partial charge in [0.25, 0.3) is 0 Å². The van der Waals surface area contributed by atoms with Crippen LogP contribution < -0.4 is 11.1 Å². The minimum atomic E-state index is -0.548. The monoisotopic (exact) mass is 277 g/mol. The largest absolute Gasteiger partial charge is 0.397 e. The predicted molar refractivity (Wildman–Crippen MR) is 79.7 cm³/mol. The van der Waals surface area contributed by atoms with E-state index in [4.69, 9.17) is 12.2 Å². The minimum Gasteiger partial charge on any atom is -0.397 e. The van der Waals surface area contributed by atoms with Crippen molar-refractivity contribution in [3.8, 4) is 12.3 Å². The molecule has 0 unspecified atom stereocenters. The molecule has 1 aromatic rings. The molecule has 0 saturated carbocycles. The van der Waals surface area contributed by atoms with Gasteiger partial charge in [-0.25, -0.2) is 4.98 Å². The fourth-order valence-electron chi connectivity index (χ4n) is 1.63. The number of thioether (sulfide) groups is 1. The minimum absolute atomic E-state index is 0.100. The van der Waals surface area contributed by atoms with Gasteiger partial charge >= 0.3 is 0 Å². The van der Waals surface area contributed by atoms with Crippen molar-refractivity contribution in [2.24, 2.45) is 0 Å². The number of pyridine rings is 1. The van der Waals surface area contributed by atoms with Crippen molar-refractivity contribution in [3.05, 3.63) is 18.3 Å². The van der Waals surface area contributed by atoms with Crippen LogP contribution in [0.5, 0.6) is 0 Å². The van der Waals surface area contributed by atoms with Crippen molar-refractivity contribution in [2.75, 3.05) is 11.5 Å². The molecule has 0 spiro atoms. The summed E-state index contributed by atoms with van der Waals surface area (Å²) in [6.07, 6.45) is 8.58. The van der Waals surface area contributed by atoms with Gasteiger partial charge in [0.1, 0.15) is 10.6 Å². The smallest absolute Gasteiger partial charge is 0.231 e. The average molecular weight is 277 g/mol. The van der Waals surface area contributed by atoms with E-state index in [0.29, 0.717) is 23.6 Å². The second-order valence-corrected chi connectivity index (χ2v) is 5.13. The molecule has 0 atom stereocenters. The van der Waals surface area contributed by atoms with Crippen LogP contribution in [0.2, 0.25) is 0 Å². The highest BCUT2D eigenvalue weighted by atomic mass is 32.2. The number of hydrogen-bond acceptors (Lipinski definition) is 4. The molecule has 0 aliphatic rings. The van der Waals surface area contributed by atoms with Crippen LogP contribution in [0.1, 0.15) is 26.7 Å². The number of rotatable bonds is 6. The van der Waals surface area contributed by atoms with E-state index >= 15 is 0 Å². The first-order valence-corrected chi connectivity index (χ1v) is 7.17. The standard InChI is InChI=1S/C14H19N3OS/c1-4-14(5-2,6-3)17-12(18)10-19-13-11(15)8-7-9-16-13/h1,7-9H,5-6,10,15H2,2-3H3,(H,17,18). The van der Waals surface area contributed by atoms with E-state index in [-0.39, 0.29) is 11.7 Å². The SMILES string of the molecule is C#CC(CC)(CC)NC(=O)CSc1ncccc1N. The fraction of sp³-hybridized carbons (Fsp3) is 0.429. The van der Waals surface area contributed by atoms with E-state index in [1.807, 2.05) is 13.8 Å². The van der Waals surface area contributed by atoms with Gasteiger partial charge in [-0.15, -0.1) is 6.42 Å². The lowest BCUT2D eigenvalue weighted by molar-refractivity contribution is -0.119. The molecular weight excluding hydrogens is 258 g/mol. The molecule has 0 fully saturated rings. The van der Waals surface area contributed by atoms with Gasteiger partial charge < -0.3 is 11.1 Å². The van der Waals surface area contributed by atoms with E-state index < -0.39 is 5.54 Å². The molecule has 3 N–H and O–H groups in total. The lowest BCUT2D eigenvalue weighted by atomic mass is 9.94. The van der Waals surface area contributed by atoms with Crippen molar-refractivity contribution >= 4 is 23.4 Å². The molecule has 0 aliphatic heterocycles. The number of nitrogens with one attached hydrogen (secondary N) is 1. The second kappa shape index (κ2) is 7.05. The summed E-state index contributed by atoms with van der Waals surface area (Å²) in [4.78, 5) is 16.0. The van der Waals surface area contributed by atoms with E-state index in [0.717, 1.165) is 0 Å². The maximum absolute atomic E-state index is 11.9. The third-order valence-electron chi connectivity index (χ3n) is 3.00. The summed E-state index contributed by atoms with van der Waals surface area (Å²) in [5.74, 6) is 2.83. The summed E-state index contributed by atoms with van der Waals surface area (Å²) in [6.45, 7) is 3.93. The Morgan fingerprint density at radius 3 is 2.79 bits per heavy atom. The summed E-state index contributed by atoms with van der Waals surface area (Å²) in [5, 5.41) is 3.57. The molecule has 1 aromatic heterocycles. The molecule has 0 aromatic carbocycles. The molecule has 1 rings (SSSR count). The van der Waals surface area contributed by atoms with Crippen molar-refractivity contribution in [3.63, 3.8) is 0 Å². The summed E-state index contributed by atoms with van der Waals surface area (Å²) >= 11 is 1.31. The molecule has 5 heteroatoms. The zero-order valence-corrected chi connectivity index (χ0v) is 12.1. The Bertz CT molecular complexity index is 478. The normalized spacial score (nSPS) is 10.8. The molecule has 0 saturated heterocycles. The molecule has 1 amide bonds. The van der Waals surface area contributed by atoms with Crippen molar-refractivity contribution < 1.29 is 4.79 Å². The molecular formula is C14H19N3OS. The summed E-state index contributed by atoms with van der Waals surface area (Å²) in [6, 6.07) is 3.52. The van der Waals surface area contributed by atoms with Gasteiger partial charge in [-0.05, 0) is 25.0 Å². The molecule has 4 nitrogen and oxygen atoms in total. The lowest BCUT2D eigenvalue weighted by Gasteiger charge is -2.26. The van der Waals surface area contributed by atoms with Crippen LogP contribution in [0, 0.1) is 12.3 Å². The number of aromatic nitrogens is 1. The molecule has 102 valence electrons. The predicted octanol–water partition coefficient (Wildman–Crippen LogP) is 2.06. The van der Waals surface area contributed by atoms with Gasteiger partial charge in [0.05, 0.1) is 11.4 Å². The van der Waals surface area contributed by atoms with Crippen LogP contribution in [0.15, 0.2) is 23.4 Å². The average Bonchev–Trinajstić information content (AvgIpc) is 2.44. The fourth-order valence-corrected chi connectivity index (χ4v) is 2.34. The van der Waals surface area contributed by atoms with Gasteiger partial charge in [-0.3, -0.25) is 4.79 Å². The highest BCUT2D eigenvalue weighted by molar-refractivity contribution is 8.00. The van der Waals surface area contributed by atoms with Gasteiger partial charge in [-0.1, -0.05) is 31.5 Å². The topological polar surface area (TPSA) is 68.0 Å². The second-order valence-electron chi connectivity index (χ2n) is 4.17. The number of nitrogens with two attached hydrogens (primary N) is 1. The number of nitrogen functional groups attached to an aromatic ring is 1. The third-order valence-corrected chi connectivity index (χ3v) is 4.02. The zero-order valence-electron chi connectivity index (χ0n) is 11.3. The maximum atomic E-state index is 11.9. The Hall–Kier alpha value is -1.67. The summed E-state index contributed by atoms with van der Waals surface area (Å²) < 4.78 is 0. The van der Waals surface area contributed by atoms with E-state index in [2.05, 4.69) is 16.2 Å². The van der Waals surface area contributed by atoms with Crippen molar-refractivity contribution in [2.45, 2.75) is 37.3 Å². The number of terminal acetylenes is 1. The van der Waals surface area contributed by atoms with Crippen LogP contribution in [0.25, 0.3) is 0 Å². The van der Waals surface area contributed by atoms with Gasteiger partial charge in [0.15, 0.2) is 0 Å². The van der Waals surface area contributed by atoms with E-state index in [9.17, 15) is 4.79 Å². The quantitative estimate of drug-likeness (QED) is 0.617. The lowest BCUT2D eigenvalue weighted by Crippen LogP contribution is -2.47. The Kier molecular flexibility index (Phi) is 5.71. The number of hydrogen-bond donors (Lipinski definition) is 2. The Morgan fingerprint density at radius 1 is 1.58 bits per heavy atom. The molecule has 1 heterocycles. The van der Waals surface area contributed by atoms with Gasteiger partial charge in [-0.2, -0.15) is 0 Å². The summed E-state index contributed by atoms with van der Waals surface area (Å²) in [5.41, 5.74) is 5.80. The first kappa shape index (κ1) is 15.4. The molecule has 0 bridgehead atoms. The number of carbonyl (C=O) groups excluding carboxylic acids is 1. The van der Waals surface area contributed by atoms with Crippen LogP contribution in [0.4, 0.5) is 5.69 Å². The summed E-state index contributed by atoms with van der Waals surface area (Å²) in [7, 11) is 0. The van der Waals surface area contributed by atoms with Gasteiger partial charge in [0, 0.05) is 6.20 Å². The highest BCUT2D eigenvalue weighted by Crippen LogP contribution is 2.22. The van der Waals surface area contributed by atoms with E-state index in [1.54, 1.807) is 18.3 Å². The Morgan fingerprint density at radius 2 is 2.26 bits per heavy atom. The Balaban J connectivity index is 2.58. The van der Waals surface area contributed by atoms with Gasteiger partial charge in [0.2, 0.25) is 5.91 Å². The van der Waals surface area contributed by atoms with Crippen LogP contribution in [-0.4, -0.2) is 22.2 Å². The first-order valence-electron chi connectivity index (χ1n) is 6.19. The number of anilines is 1. The third kappa shape index (κ3) is 4.18. The van der Waals surface area contributed by atoms with Crippen LogP contribution in [-0.2, 0) is 4.79 Å². The maximum Gasteiger partial charge on any atom is 0.231 e. The number of carbonyl (C=O) groups is 1. The zero-order chi connectivity index (χ0) is 14.3. The first-order chi connectivity index (χ1) is 9.06.